The highest BCUT2D eigenvalue weighted by molar-refractivity contribution is 6.20. The second-order valence-corrected chi connectivity index (χ2v) is 9.91. The molecule has 2 atom stereocenters. The molecule has 3 fully saturated rings. The molecule has 3 heterocycles. The maximum atomic E-state index is 12.7. The highest BCUT2D eigenvalue weighted by atomic mass is 16.2. The van der Waals surface area contributed by atoms with Crippen LogP contribution in [0, 0.1) is 5.92 Å². The monoisotopic (exact) mass is 488 g/mol. The van der Waals surface area contributed by atoms with Crippen LogP contribution in [0.1, 0.15) is 65.7 Å². The third kappa shape index (κ3) is 5.18. The number of carbonyl (C=O) groups is 4. The zero-order valence-corrected chi connectivity index (χ0v) is 20.4. The van der Waals surface area contributed by atoms with Crippen LogP contribution < -0.4 is 15.5 Å². The van der Waals surface area contributed by atoms with Crippen LogP contribution in [-0.4, -0.2) is 54.2 Å². The van der Waals surface area contributed by atoms with Crippen molar-refractivity contribution in [3.63, 3.8) is 0 Å². The molecule has 2 aromatic carbocycles. The van der Waals surface area contributed by atoms with E-state index in [1.807, 2.05) is 0 Å². The zero-order chi connectivity index (χ0) is 25.1. The largest absolute Gasteiger partial charge is 0.352 e. The SMILES string of the molecule is O=C(NC[C@H]1CCCN2CCCC[C@H]12)c1ccc(NC(=O)c2ccc(N3C(=O)CCC3=O)cc2)cc1. The summed E-state index contributed by atoms with van der Waals surface area (Å²) in [6, 6.07) is 13.8. The van der Waals surface area contributed by atoms with Gasteiger partial charge in [0.2, 0.25) is 11.8 Å². The van der Waals surface area contributed by atoms with Gasteiger partial charge in [0.1, 0.15) is 0 Å². The van der Waals surface area contributed by atoms with E-state index < -0.39 is 0 Å². The first-order valence-electron chi connectivity index (χ1n) is 12.9. The standard InChI is InChI=1S/C28H32N4O4/c33-25-14-15-26(34)32(25)23-12-8-20(9-13-23)28(36)30-22-10-6-19(7-11-22)27(35)29-18-21-4-3-17-31-16-2-1-5-24(21)31/h6-13,21,24H,1-5,14-18H2,(H,29,35)(H,30,36)/t21-,24-/m1/s1. The van der Waals surface area contributed by atoms with Gasteiger partial charge in [-0.05, 0) is 93.2 Å². The van der Waals surface area contributed by atoms with Crippen LogP contribution in [0.15, 0.2) is 48.5 Å². The summed E-state index contributed by atoms with van der Waals surface area (Å²) in [6.45, 7) is 3.07. The van der Waals surface area contributed by atoms with E-state index in [1.54, 1.807) is 48.5 Å². The zero-order valence-electron chi connectivity index (χ0n) is 20.4. The van der Waals surface area contributed by atoms with Gasteiger partial charge in [-0.3, -0.25) is 24.1 Å². The number of nitrogens with zero attached hydrogens (tertiary/aromatic N) is 2. The molecule has 0 bridgehead atoms. The maximum absolute atomic E-state index is 12.7. The molecule has 2 aromatic rings. The number of hydrogen-bond acceptors (Lipinski definition) is 5. The summed E-state index contributed by atoms with van der Waals surface area (Å²) in [5.74, 6) is -0.351. The minimum Gasteiger partial charge on any atom is -0.352 e. The first kappa shape index (κ1) is 24.2. The molecule has 2 N–H and O–H groups in total. The molecule has 3 aliphatic heterocycles. The van der Waals surface area contributed by atoms with Crippen molar-refractivity contribution < 1.29 is 19.2 Å². The van der Waals surface area contributed by atoms with Crippen molar-refractivity contribution in [2.24, 2.45) is 5.92 Å². The number of benzene rings is 2. The van der Waals surface area contributed by atoms with Crippen molar-refractivity contribution >= 4 is 35.0 Å². The number of amides is 4. The summed E-state index contributed by atoms with van der Waals surface area (Å²) in [6.07, 6.45) is 6.58. The fourth-order valence-electron chi connectivity index (χ4n) is 5.68. The van der Waals surface area contributed by atoms with Gasteiger partial charge in [-0.25, -0.2) is 0 Å². The van der Waals surface area contributed by atoms with Crippen LogP contribution in [0.2, 0.25) is 0 Å². The van der Waals surface area contributed by atoms with E-state index in [2.05, 4.69) is 15.5 Å². The molecule has 188 valence electrons. The van der Waals surface area contributed by atoms with Gasteiger partial charge in [-0.2, -0.15) is 0 Å². The molecule has 0 unspecified atom stereocenters. The number of rotatable bonds is 6. The summed E-state index contributed by atoms with van der Waals surface area (Å²) >= 11 is 0. The summed E-state index contributed by atoms with van der Waals surface area (Å²) in [5, 5.41) is 5.94. The second-order valence-electron chi connectivity index (χ2n) is 9.91. The third-order valence-electron chi connectivity index (χ3n) is 7.60. The lowest BCUT2D eigenvalue weighted by Gasteiger charge is -2.44. The minimum absolute atomic E-state index is 0.0950. The molecule has 0 aromatic heterocycles. The summed E-state index contributed by atoms with van der Waals surface area (Å²) in [7, 11) is 0. The van der Waals surface area contributed by atoms with Crippen molar-refractivity contribution in [3.05, 3.63) is 59.7 Å². The number of nitrogens with one attached hydrogen (secondary N) is 2. The average molecular weight is 489 g/mol. The Hall–Kier alpha value is -3.52. The molecule has 0 saturated carbocycles. The van der Waals surface area contributed by atoms with Crippen LogP contribution in [0.5, 0.6) is 0 Å². The lowest BCUT2D eigenvalue weighted by Crippen LogP contribution is -2.51. The predicted octanol–water partition coefficient (Wildman–Crippen LogP) is 3.59. The topological polar surface area (TPSA) is 98.8 Å². The lowest BCUT2D eigenvalue weighted by atomic mass is 9.83. The minimum atomic E-state index is -0.313. The molecule has 0 spiro atoms. The Bertz CT molecular complexity index is 1130. The Labute approximate surface area is 211 Å². The van der Waals surface area contributed by atoms with Gasteiger partial charge in [0, 0.05) is 42.2 Å². The summed E-state index contributed by atoms with van der Waals surface area (Å²) in [4.78, 5) is 52.9. The molecular formula is C28H32N4O4. The van der Waals surface area contributed by atoms with Gasteiger partial charge in [-0.15, -0.1) is 0 Å². The Morgan fingerprint density at radius 3 is 2.14 bits per heavy atom. The molecule has 0 aliphatic carbocycles. The number of hydrogen-bond donors (Lipinski definition) is 2. The van der Waals surface area contributed by atoms with Crippen LogP contribution in [0.25, 0.3) is 0 Å². The van der Waals surface area contributed by atoms with Crippen LogP contribution in [-0.2, 0) is 9.59 Å². The van der Waals surface area contributed by atoms with E-state index in [-0.39, 0.29) is 36.5 Å². The lowest BCUT2D eigenvalue weighted by molar-refractivity contribution is -0.121. The fourth-order valence-corrected chi connectivity index (χ4v) is 5.68. The van der Waals surface area contributed by atoms with Crippen molar-refractivity contribution in [3.8, 4) is 0 Å². The van der Waals surface area contributed by atoms with Gasteiger partial charge in [0.15, 0.2) is 0 Å². The van der Waals surface area contributed by atoms with E-state index in [0.717, 1.165) is 11.3 Å². The van der Waals surface area contributed by atoms with Crippen molar-refractivity contribution in [2.45, 2.75) is 51.0 Å². The van der Waals surface area contributed by atoms with E-state index in [4.69, 9.17) is 0 Å². The molecule has 0 radical (unpaired) electrons. The Morgan fingerprint density at radius 2 is 1.42 bits per heavy atom. The Balaban J connectivity index is 1.14. The number of carbonyl (C=O) groups excluding carboxylic acids is 4. The number of piperidine rings is 2. The first-order valence-corrected chi connectivity index (χ1v) is 12.9. The number of imide groups is 1. The van der Waals surface area contributed by atoms with Gasteiger partial charge >= 0.3 is 0 Å². The summed E-state index contributed by atoms with van der Waals surface area (Å²) < 4.78 is 0. The third-order valence-corrected chi connectivity index (χ3v) is 7.60. The van der Waals surface area contributed by atoms with E-state index >= 15 is 0 Å². The molecule has 3 aliphatic rings. The fraction of sp³-hybridized carbons (Fsp3) is 0.429. The van der Waals surface area contributed by atoms with Crippen LogP contribution in [0.4, 0.5) is 11.4 Å². The van der Waals surface area contributed by atoms with E-state index in [1.165, 1.54) is 38.8 Å². The number of anilines is 2. The predicted molar refractivity (Wildman–Crippen MR) is 137 cm³/mol. The van der Waals surface area contributed by atoms with Crippen molar-refractivity contribution in [1.82, 2.24) is 10.2 Å². The molecule has 8 nitrogen and oxygen atoms in total. The Morgan fingerprint density at radius 1 is 0.778 bits per heavy atom. The van der Waals surface area contributed by atoms with E-state index in [9.17, 15) is 19.2 Å². The normalized spacial score (nSPS) is 22.3. The second kappa shape index (κ2) is 10.6. The Kier molecular flexibility index (Phi) is 7.13. The first-order chi connectivity index (χ1) is 17.5. The highest BCUT2D eigenvalue weighted by Crippen LogP contribution is 2.30. The summed E-state index contributed by atoms with van der Waals surface area (Å²) in [5.41, 5.74) is 2.02. The molecule has 4 amide bonds. The van der Waals surface area contributed by atoms with Gasteiger partial charge in [0.25, 0.3) is 11.8 Å². The van der Waals surface area contributed by atoms with Crippen LogP contribution in [0.3, 0.4) is 0 Å². The van der Waals surface area contributed by atoms with Crippen LogP contribution >= 0.6 is 0 Å². The smallest absolute Gasteiger partial charge is 0.255 e. The molecule has 8 heteroatoms. The van der Waals surface area contributed by atoms with Gasteiger partial charge in [-0.1, -0.05) is 6.42 Å². The molecule has 5 rings (SSSR count). The molecule has 36 heavy (non-hydrogen) atoms. The number of fused-ring (bicyclic) bond motifs is 1. The van der Waals surface area contributed by atoms with E-state index in [0.29, 0.717) is 41.0 Å². The van der Waals surface area contributed by atoms with Gasteiger partial charge in [0.05, 0.1) is 5.69 Å². The highest BCUT2D eigenvalue weighted by Gasteiger charge is 2.33. The molecular weight excluding hydrogens is 456 g/mol. The quantitative estimate of drug-likeness (QED) is 0.606. The maximum Gasteiger partial charge on any atom is 0.255 e. The average Bonchev–Trinajstić information content (AvgIpc) is 3.25. The van der Waals surface area contributed by atoms with Gasteiger partial charge < -0.3 is 15.5 Å². The van der Waals surface area contributed by atoms with Crippen molar-refractivity contribution in [1.29, 1.82) is 0 Å². The van der Waals surface area contributed by atoms with Crippen molar-refractivity contribution in [2.75, 3.05) is 29.9 Å². The molecule has 3 saturated heterocycles.